The highest BCUT2D eigenvalue weighted by molar-refractivity contribution is 6.06. The molecule has 8 nitrogen and oxygen atoms in total. The minimum absolute atomic E-state index is 0.0102. The van der Waals surface area contributed by atoms with Gasteiger partial charge in [0.25, 0.3) is 5.91 Å². The quantitative estimate of drug-likeness (QED) is 0.217. The third-order valence-corrected chi connectivity index (χ3v) is 7.49. The van der Waals surface area contributed by atoms with Crippen LogP contribution in [0.25, 0.3) is 11.2 Å². The molecule has 41 heavy (non-hydrogen) atoms. The number of aromatic nitrogens is 4. The Labute approximate surface area is 238 Å². The largest absolute Gasteiger partial charge is 0.376 e. The fraction of sp³-hybridized carbons (Fsp3) is 0.212. The van der Waals surface area contributed by atoms with E-state index in [4.69, 9.17) is 9.47 Å². The monoisotopic (exact) mass is 545 g/mol. The van der Waals surface area contributed by atoms with Crippen molar-refractivity contribution >= 4 is 22.9 Å². The van der Waals surface area contributed by atoms with Crippen LogP contribution in [-0.2, 0) is 22.7 Å². The first-order chi connectivity index (χ1) is 20.2. The number of nitrogens with zero attached hydrogens (tertiary/aromatic N) is 4. The zero-order valence-corrected chi connectivity index (χ0v) is 22.6. The lowest BCUT2D eigenvalue weighted by atomic mass is 10.0. The van der Waals surface area contributed by atoms with Gasteiger partial charge in [-0.2, -0.15) is 0 Å². The average molecular weight is 546 g/mol. The van der Waals surface area contributed by atoms with Crippen LogP contribution in [0.2, 0.25) is 0 Å². The Balaban J connectivity index is 1.22. The zero-order valence-electron chi connectivity index (χ0n) is 22.6. The lowest BCUT2D eigenvalue weighted by Gasteiger charge is -2.21. The first-order valence-electron chi connectivity index (χ1n) is 13.7. The molecule has 0 radical (unpaired) electrons. The molecule has 2 aromatic heterocycles. The second kappa shape index (κ2) is 12.2. The molecule has 5 aromatic rings. The fourth-order valence-corrected chi connectivity index (χ4v) is 5.31. The van der Waals surface area contributed by atoms with Crippen LogP contribution in [0.1, 0.15) is 33.9 Å². The van der Waals surface area contributed by atoms with Gasteiger partial charge in [-0.1, -0.05) is 85.4 Å². The summed E-state index contributed by atoms with van der Waals surface area (Å²) in [6.45, 7) is 6.01. The lowest BCUT2D eigenvalue weighted by molar-refractivity contribution is -0.0122. The number of nitrogens with one attached hydrogen (secondary N) is 1. The standard InChI is InChI=1S/C33H31N5O3/c1-23-27(20-40-18-24-11-5-2-6-12-24)29(41-19-25-13-7-3-8-14-25)17-28(23)38-22-36-30-31(34-21-35-32(30)38)37-33(39)26-15-9-4-10-16-26/h2-16,21-22,27-29H,1,17-20H2,(H,34,35,37,39)/t27-,28-,29-/m0/s1. The van der Waals surface area contributed by atoms with E-state index < -0.39 is 0 Å². The Morgan fingerprint density at radius 2 is 1.54 bits per heavy atom. The first kappa shape index (κ1) is 26.6. The molecule has 1 N–H and O–H groups in total. The number of imidazole rings is 1. The molecule has 6 rings (SSSR count). The van der Waals surface area contributed by atoms with Crippen LogP contribution in [-0.4, -0.2) is 38.1 Å². The van der Waals surface area contributed by atoms with E-state index >= 15 is 0 Å². The predicted molar refractivity (Wildman–Crippen MR) is 157 cm³/mol. The number of amides is 1. The zero-order chi connectivity index (χ0) is 28.0. The summed E-state index contributed by atoms with van der Waals surface area (Å²) >= 11 is 0. The van der Waals surface area contributed by atoms with Crippen LogP contribution < -0.4 is 5.32 Å². The molecule has 1 fully saturated rings. The molecular formula is C33H31N5O3. The van der Waals surface area contributed by atoms with Gasteiger partial charge in [-0.15, -0.1) is 0 Å². The van der Waals surface area contributed by atoms with Gasteiger partial charge in [-0.3, -0.25) is 4.79 Å². The lowest BCUT2D eigenvalue weighted by Crippen LogP contribution is -2.23. The summed E-state index contributed by atoms with van der Waals surface area (Å²) in [4.78, 5) is 26.2. The summed E-state index contributed by atoms with van der Waals surface area (Å²) in [5.41, 5.74) is 4.93. The normalized spacial score (nSPS) is 18.5. The van der Waals surface area contributed by atoms with Crippen LogP contribution >= 0.6 is 0 Å². The average Bonchev–Trinajstić information content (AvgIpc) is 3.59. The number of carbonyl (C=O) groups excluding carboxylic acids is 1. The predicted octanol–water partition coefficient (Wildman–Crippen LogP) is 6.00. The van der Waals surface area contributed by atoms with Crippen LogP contribution in [0.4, 0.5) is 5.82 Å². The van der Waals surface area contributed by atoms with E-state index in [9.17, 15) is 4.79 Å². The van der Waals surface area contributed by atoms with Crippen molar-refractivity contribution in [1.82, 2.24) is 19.5 Å². The number of ether oxygens (including phenoxy) is 2. The molecule has 0 unspecified atom stereocenters. The van der Waals surface area contributed by atoms with Gasteiger partial charge in [0.05, 0.1) is 38.3 Å². The summed E-state index contributed by atoms with van der Waals surface area (Å²) in [6.07, 6.45) is 3.80. The van der Waals surface area contributed by atoms with E-state index in [2.05, 4.69) is 51.1 Å². The van der Waals surface area contributed by atoms with Crippen molar-refractivity contribution in [2.45, 2.75) is 31.8 Å². The smallest absolute Gasteiger partial charge is 0.256 e. The van der Waals surface area contributed by atoms with E-state index in [1.54, 1.807) is 18.5 Å². The van der Waals surface area contributed by atoms with Crippen molar-refractivity contribution in [2.75, 3.05) is 11.9 Å². The van der Waals surface area contributed by atoms with E-state index in [1.807, 2.05) is 59.2 Å². The van der Waals surface area contributed by atoms with Gasteiger partial charge < -0.3 is 19.4 Å². The highest BCUT2D eigenvalue weighted by Crippen LogP contribution is 2.42. The Bertz CT molecular complexity index is 1620. The van der Waals surface area contributed by atoms with E-state index in [0.29, 0.717) is 48.8 Å². The highest BCUT2D eigenvalue weighted by atomic mass is 16.5. The van der Waals surface area contributed by atoms with E-state index in [-0.39, 0.29) is 24.0 Å². The topological polar surface area (TPSA) is 91.2 Å². The Morgan fingerprint density at radius 1 is 0.878 bits per heavy atom. The van der Waals surface area contributed by atoms with E-state index in [0.717, 1.165) is 16.7 Å². The minimum atomic E-state index is -0.254. The van der Waals surface area contributed by atoms with Gasteiger partial charge in [0.15, 0.2) is 17.0 Å². The van der Waals surface area contributed by atoms with Gasteiger partial charge in [-0.25, -0.2) is 15.0 Å². The molecule has 1 amide bonds. The van der Waals surface area contributed by atoms with Crippen LogP contribution in [0.15, 0.2) is 116 Å². The third kappa shape index (κ3) is 5.94. The number of fused-ring (bicyclic) bond motifs is 1. The van der Waals surface area contributed by atoms with Crippen LogP contribution in [0.5, 0.6) is 0 Å². The van der Waals surface area contributed by atoms with Gasteiger partial charge in [0.1, 0.15) is 6.33 Å². The summed E-state index contributed by atoms with van der Waals surface area (Å²) in [5.74, 6) is 0.102. The first-order valence-corrected chi connectivity index (χ1v) is 13.7. The van der Waals surface area contributed by atoms with Gasteiger partial charge in [0, 0.05) is 11.5 Å². The van der Waals surface area contributed by atoms with Crippen LogP contribution in [0, 0.1) is 5.92 Å². The molecule has 0 spiro atoms. The Morgan fingerprint density at radius 3 is 2.24 bits per heavy atom. The van der Waals surface area contributed by atoms with Crippen molar-refractivity contribution in [3.63, 3.8) is 0 Å². The van der Waals surface area contributed by atoms with Crippen molar-refractivity contribution in [1.29, 1.82) is 0 Å². The molecule has 8 heteroatoms. The summed E-state index contributed by atoms with van der Waals surface area (Å²) < 4.78 is 14.7. The number of carbonyl (C=O) groups is 1. The third-order valence-electron chi connectivity index (χ3n) is 7.49. The molecule has 0 saturated heterocycles. The fourth-order valence-electron chi connectivity index (χ4n) is 5.31. The summed E-state index contributed by atoms with van der Waals surface area (Å²) in [6, 6.07) is 29.2. The van der Waals surface area contributed by atoms with Crippen LogP contribution in [0.3, 0.4) is 0 Å². The Kier molecular flexibility index (Phi) is 7.93. The molecule has 1 aliphatic rings. The second-order valence-corrected chi connectivity index (χ2v) is 10.1. The molecule has 1 saturated carbocycles. The number of anilines is 1. The molecule has 0 aliphatic heterocycles. The molecule has 206 valence electrons. The number of hydrogen-bond donors (Lipinski definition) is 1. The van der Waals surface area contributed by atoms with Crippen molar-refractivity contribution in [3.8, 4) is 0 Å². The highest BCUT2D eigenvalue weighted by Gasteiger charge is 2.40. The number of hydrogen-bond acceptors (Lipinski definition) is 6. The SMILES string of the molecule is C=C1[C@H](COCc2ccccc2)[C@@H](OCc2ccccc2)C[C@@H]1n1cnc2c(NC(=O)c3ccccc3)ncnc21. The van der Waals surface area contributed by atoms with Crippen molar-refractivity contribution in [2.24, 2.45) is 5.92 Å². The molecular weight excluding hydrogens is 514 g/mol. The van der Waals surface area contributed by atoms with E-state index in [1.165, 1.54) is 6.33 Å². The molecule has 1 aliphatic carbocycles. The second-order valence-electron chi connectivity index (χ2n) is 10.1. The molecule has 0 bridgehead atoms. The molecule has 3 atom stereocenters. The minimum Gasteiger partial charge on any atom is -0.376 e. The van der Waals surface area contributed by atoms with Crippen molar-refractivity contribution in [3.05, 3.63) is 132 Å². The van der Waals surface area contributed by atoms with Gasteiger partial charge in [0.2, 0.25) is 0 Å². The maximum atomic E-state index is 12.8. The molecule has 2 heterocycles. The maximum Gasteiger partial charge on any atom is 0.256 e. The van der Waals surface area contributed by atoms with Gasteiger partial charge >= 0.3 is 0 Å². The van der Waals surface area contributed by atoms with Gasteiger partial charge in [-0.05, 0) is 35.3 Å². The maximum absolute atomic E-state index is 12.8. The summed E-state index contributed by atoms with van der Waals surface area (Å²) in [5, 5.41) is 2.88. The summed E-state index contributed by atoms with van der Waals surface area (Å²) in [7, 11) is 0. The van der Waals surface area contributed by atoms with Crippen molar-refractivity contribution < 1.29 is 14.3 Å². The number of rotatable bonds is 10. The number of benzene rings is 3. The molecule has 3 aromatic carbocycles. The Hall–Kier alpha value is -4.66.